The van der Waals surface area contributed by atoms with Crippen molar-refractivity contribution in [1.29, 1.82) is 5.26 Å². The van der Waals surface area contributed by atoms with Gasteiger partial charge < -0.3 is 0 Å². The van der Waals surface area contributed by atoms with Crippen LogP contribution in [0.25, 0.3) is 0 Å². The minimum Gasteiger partial charge on any atom is -0.208 e. The summed E-state index contributed by atoms with van der Waals surface area (Å²) in [4.78, 5) is 0.0810. The lowest BCUT2D eigenvalue weighted by atomic mass is 10.1. The predicted molar refractivity (Wildman–Crippen MR) is 68.4 cm³/mol. The number of hydrogen-bond acceptors (Lipinski definition) is 3. The van der Waals surface area contributed by atoms with E-state index in [-0.39, 0.29) is 16.5 Å². The first-order chi connectivity index (χ1) is 8.45. The van der Waals surface area contributed by atoms with Crippen molar-refractivity contribution in [1.82, 2.24) is 4.72 Å². The van der Waals surface area contributed by atoms with Crippen LogP contribution in [0.5, 0.6) is 0 Å². The van der Waals surface area contributed by atoms with E-state index in [2.05, 4.69) is 4.72 Å². The van der Waals surface area contributed by atoms with Crippen LogP contribution in [0.15, 0.2) is 23.1 Å². The van der Waals surface area contributed by atoms with Gasteiger partial charge in [-0.15, -0.1) is 0 Å². The monoisotopic (exact) mass is 264 g/mol. The van der Waals surface area contributed by atoms with E-state index in [1.807, 2.05) is 13.0 Å². The van der Waals surface area contributed by atoms with E-state index >= 15 is 0 Å². The Hall–Kier alpha value is -1.38. The summed E-state index contributed by atoms with van der Waals surface area (Å²) in [5.74, 6) is 0.440. The molecule has 4 nitrogen and oxygen atoms in total. The normalized spacial score (nSPS) is 17.2. The number of hydrogen-bond donors (Lipinski definition) is 1. The van der Waals surface area contributed by atoms with E-state index in [0.717, 1.165) is 12.8 Å². The van der Waals surface area contributed by atoms with E-state index in [9.17, 15) is 8.42 Å². The van der Waals surface area contributed by atoms with E-state index in [1.54, 1.807) is 19.1 Å². The van der Waals surface area contributed by atoms with Gasteiger partial charge in [0, 0.05) is 6.04 Å². The Balaban J connectivity index is 2.35. The van der Waals surface area contributed by atoms with Gasteiger partial charge in [-0.25, -0.2) is 13.1 Å². The fourth-order valence-electron chi connectivity index (χ4n) is 2.01. The van der Waals surface area contributed by atoms with Crippen LogP contribution in [0, 0.1) is 24.2 Å². The average molecular weight is 264 g/mol. The average Bonchev–Trinajstić information content (AvgIpc) is 3.11. The maximum Gasteiger partial charge on any atom is 0.242 e. The van der Waals surface area contributed by atoms with Crippen molar-refractivity contribution in [2.45, 2.75) is 37.6 Å². The van der Waals surface area contributed by atoms with Gasteiger partial charge in [-0.2, -0.15) is 5.26 Å². The fourth-order valence-corrected chi connectivity index (χ4v) is 3.55. The first-order valence-corrected chi connectivity index (χ1v) is 7.46. The largest absolute Gasteiger partial charge is 0.242 e. The fraction of sp³-hybridized carbons (Fsp3) is 0.462. The lowest BCUT2D eigenvalue weighted by molar-refractivity contribution is 0.538. The SMILES string of the molecule is Cc1cccc(S(=O)(=O)NC(C)C2CC2)c1C#N. The number of sulfonamides is 1. The summed E-state index contributed by atoms with van der Waals surface area (Å²) in [5.41, 5.74) is 0.910. The second kappa shape index (κ2) is 4.71. The first kappa shape index (κ1) is 13.1. The number of nitriles is 1. The number of aryl methyl sites for hydroxylation is 1. The molecule has 1 aliphatic rings. The molecule has 0 aliphatic heterocycles. The van der Waals surface area contributed by atoms with Gasteiger partial charge in [0.25, 0.3) is 0 Å². The van der Waals surface area contributed by atoms with Gasteiger partial charge in [0.2, 0.25) is 10.0 Å². The molecule has 1 fully saturated rings. The van der Waals surface area contributed by atoms with Crippen molar-refractivity contribution in [3.63, 3.8) is 0 Å². The van der Waals surface area contributed by atoms with Gasteiger partial charge in [0.1, 0.15) is 11.0 Å². The van der Waals surface area contributed by atoms with Gasteiger partial charge >= 0.3 is 0 Å². The van der Waals surface area contributed by atoms with Crippen LogP contribution < -0.4 is 4.72 Å². The molecule has 1 unspecified atom stereocenters. The summed E-state index contributed by atoms with van der Waals surface area (Å²) in [6, 6.07) is 6.78. The molecule has 1 saturated carbocycles. The molecular formula is C13H16N2O2S. The molecule has 0 amide bonds. The molecule has 0 spiro atoms. The van der Waals surface area contributed by atoms with Crippen molar-refractivity contribution >= 4 is 10.0 Å². The van der Waals surface area contributed by atoms with Crippen LogP contribution in [0.4, 0.5) is 0 Å². The Morgan fingerprint density at radius 1 is 1.44 bits per heavy atom. The molecule has 2 rings (SSSR count). The Kier molecular flexibility index (Phi) is 3.42. The summed E-state index contributed by atoms with van der Waals surface area (Å²) >= 11 is 0. The lowest BCUT2D eigenvalue weighted by Crippen LogP contribution is -2.34. The topological polar surface area (TPSA) is 70.0 Å². The summed E-state index contributed by atoms with van der Waals surface area (Å²) in [5, 5.41) is 9.08. The van der Waals surface area contributed by atoms with Crippen molar-refractivity contribution in [2.24, 2.45) is 5.92 Å². The third kappa shape index (κ3) is 2.55. The molecule has 96 valence electrons. The molecule has 0 radical (unpaired) electrons. The second-order valence-electron chi connectivity index (χ2n) is 4.81. The minimum absolute atomic E-state index is 0.0675. The number of nitrogens with zero attached hydrogens (tertiary/aromatic N) is 1. The quantitative estimate of drug-likeness (QED) is 0.903. The smallest absolute Gasteiger partial charge is 0.208 e. The van der Waals surface area contributed by atoms with E-state index in [0.29, 0.717) is 11.5 Å². The van der Waals surface area contributed by atoms with Crippen LogP contribution >= 0.6 is 0 Å². The summed E-state index contributed by atoms with van der Waals surface area (Å²) in [6.07, 6.45) is 2.14. The van der Waals surface area contributed by atoms with Crippen LogP contribution in [-0.4, -0.2) is 14.5 Å². The van der Waals surface area contributed by atoms with Crippen molar-refractivity contribution < 1.29 is 8.42 Å². The number of benzene rings is 1. The third-order valence-electron chi connectivity index (χ3n) is 3.31. The third-order valence-corrected chi connectivity index (χ3v) is 4.91. The Morgan fingerprint density at radius 2 is 2.11 bits per heavy atom. The zero-order valence-corrected chi connectivity index (χ0v) is 11.3. The lowest BCUT2D eigenvalue weighted by Gasteiger charge is -2.14. The van der Waals surface area contributed by atoms with Gasteiger partial charge in [-0.05, 0) is 44.2 Å². The molecule has 1 atom stereocenters. The van der Waals surface area contributed by atoms with Crippen molar-refractivity contribution in [3.05, 3.63) is 29.3 Å². The highest BCUT2D eigenvalue weighted by molar-refractivity contribution is 7.89. The number of rotatable bonds is 4. The van der Waals surface area contributed by atoms with Crippen LogP contribution in [0.3, 0.4) is 0 Å². The van der Waals surface area contributed by atoms with E-state index < -0.39 is 10.0 Å². The van der Waals surface area contributed by atoms with Gasteiger partial charge in [0.15, 0.2) is 0 Å². The van der Waals surface area contributed by atoms with E-state index in [1.165, 1.54) is 6.07 Å². The zero-order valence-electron chi connectivity index (χ0n) is 10.5. The van der Waals surface area contributed by atoms with Gasteiger partial charge in [-0.1, -0.05) is 12.1 Å². The van der Waals surface area contributed by atoms with Crippen molar-refractivity contribution in [3.8, 4) is 6.07 Å². The summed E-state index contributed by atoms with van der Waals surface area (Å²) in [6.45, 7) is 3.61. The Morgan fingerprint density at radius 3 is 2.67 bits per heavy atom. The molecule has 1 N–H and O–H groups in total. The summed E-state index contributed by atoms with van der Waals surface area (Å²) in [7, 11) is -3.60. The highest BCUT2D eigenvalue weighted by atomic mass is 32.2. The minimum atomic E-state index is -3.60. The molecule has 0 bridgehead atoms. The van der Waals surface area contributed by atoms with Crippen LogP contribution in [0.2, 0.25) is 0 Å². The Labute approximate surface area is 108 Å². The van der Waals surface area contributed by atoms with Gasteiger partial charge in [-0.3, -0.25) is 0 Å². The highest BCUT2D eigenvalue weighted by Crippen LogP contribution is 2.33. The maximum atomic E-state index is 12.2. The molecule has 0 heterocycles. The van der Waals surface area contributed by atoms with Crippen molar-refractivity contribution in [2.75, 3.05) is 0 Å². The molecule has 18 heavy (non-hydrogen) atoms. The molecule has 5 heteroatoms. The highest BCUT2D eigenvalue weighted by Gasteiger charge is 2.32. The predicted octanol–water partition coefficient (Wildman–Crippen LogP) is 1.94. The zero-order chi connectivity index (χ0) is 13.3. The summed E-state index contributed by atoms with van der Waals surface area (Å²) < 4.78 is 27.1. The Bertz CT molecular complexity index is 598. The molecule has 0 saturated heterocycles. The molecular weight excluding hydrogens is 248 g/mol. The van der Waals surface area contributed by atoms with E-state index in [4.69, 9.17) is 5.26 Å². The number of nitrogens with one attached hydrogen (secondary N) is 1. The van der Waals surface area contributed by atoms with Gasteiger partial charge in [0.05, 0.1) is 5.56 Å². The molecule has 1 aliphatic carbocycles. The first-order valence-electron chi connectivity index (χ1n) is 5.98. The van der Waals surface area contributed by atoms with Crippen LogP contribution in [0.1, 0.15) is 30.9 Å². The standard InChI is InChI=1S/C13H16N2O2S/c1-9-4-3-5-13(12(9)8-14)18(16,17)15-10(2)11-6-7-11/h3-5,10-11,15H,6-7H2,1-2H3. The molecule has 1 aromatic rings. The molecule has 0 aromatic heterocycles. The van der Waals surface area contributed by atoms with Crippen LogP contribution in [-0.2, 0) is 10.0 Å². The second-order valence-corrected chi connectivity index (χ2v) is 6.49. The maximum absolute atomic E-state index is 12.2. The molecule has 1 aromatic carbocycles.